The lowest BCUT2D eigenvalue weighted by atomic mass is 9.90. The molecule has 3 rings (SSSR count). The number of ether oxygens (including phenoxy) is 1. The summed E-state index contributed by atoms with van der Waals surface area (Å²) in [7, 11) is 1.65. The fourth-order valence-electron chi connectivity index (χ4n) is 3.68. The molecule has 0 aliphatic carbocycles. The molecule has 25 heavy (non-hydrogen) atoms. The van der Waals surface area contributed by atoms with Gasteiger partial charge < -0.3 is 20.3 Å². The molecule has 2 aliphatic rings. The Kier molecular flexibility index (Phi) is 5.86. The zero-order chi connectivity index (χ0) is 17.7. The van der Waals surface area contributed by atoms with Gasteiger partial charge in [-0.15, -0.1) is 0 Å². The standard InChI is InChI=1S/C18H29N5O2/c1-3-14-12-16(21-13-20-14)23-10-4-15(5-11-23)22-17(24)18(25-2)6-8-19-9-7-18/h12-13,15,19H,3-11H2,1-2H3,(H,22,24). The van der Waals surface area contributed by atoms with Crippen LogP contribution in [0.2, 0.25) is 0 Å². The first-order valence-electron chi connectivity index (χ1n) is 9.29. The molecular weight excluding hydrogens is 318 g/mol. The van der Waals surface area contributed by atoms with E-state index in [0.29, 0.717) is 0 Å². The van der Waals surface area contributed by atoms with Crippen LogP contribution in [0.25, 0.3) is 0 Å². The van der Waals surface area contributed by atoms with Crippen molar-refractivity contribution in [1.82, 2.24) is 20.6 Å². The highest BCUT2D eigenvalue weighted by Crippen LogP contribution is 2.24. The van der Waals surface area contributed by atoms with Gasteiger partial charge in [-0.3, -0.25) is 4.79 Å². The molecule has 0 unspecified atom stereocenters. The molecule has 7 heteroatoms. The molecule has 0 radical (unpaired) electrons. The van der Waals surface area contributed by atoms with Gasteiger partial charge in [-0.05, 0) is 45.2 Å². The van der Waals surface area contributed by atoms with Crippen LogP contribution in [-0.4, -0.2) is 60.8 Å². The van der Waals surface area contributed by atoms with Crippen LogP contribution in [0.5, 0.6) is 0 Å². The molecule has 0 aromatic carbocycles. The number of nitrogens with one attached hydrogen (secondary N) is 2. The summed E-state index contributed by atoms with van der Waals surface area (Å²) in [6.07, 6.45) is 5.87. The summed E-state index contributed by atoms with van der Waals surface area (Å²) < 4.78 is 5.62. The number of hydrogen-bond acceptors (Lipinski definition) is 6. The summed E-state index contributed by atoms with van der Waals surface area (Å²) in [5.41, 5.74) is 0.402. The van der Waals surface area contributed by atoms with Crippen molar-refractivity contribution in [2.24, 2.45) is 0 Å². The van der Waals surface area contributed by atoms with E-state index in [0.717, 1.165) is 69.8 Å². The molecule has 2 saturated heterocycles. The lowest BCUT2D eigenvalue weighted by Gasteiger charge is -2.38. The van der Waals surface area contributed by atoms with Gasteiger partial charge in [0, 0.05) is 38.0 Å². The van der Waals surface area contributed by atoms with Crippen LogP contribution >= 0.6 is 0 Å². The summed E-state index contributed by atoms with van der Waals surface area (Å²) >= 11 is 0. The Hall–Kier alpha value is -1.73. The van der Waals surface area contributed by atoms with Crippen molar-refractivity contribution in [1.29, 1.82) is 0 Å². The second kappa shape index (κ2) is 8.10. The van der Waals surface area contributed by atoms with E-state index in [1.54, 1.807) is 13.4 Å². The molecule has 1 aromatic rings. The van der Waals surface area contributed by atoms with E-state index in [-0.39, 0.29) is 11.9 Å². The second-order valence-corrected chi connectivity index (χ2v) is 6.90. The van der Waals surface area contributed by atoms with Crippen LogP contribution in [0.3, 0.4) is 0 Å². The number of methoxy groups -OCH3 is 1. The number of hydrogen-bond donors (Lipinski definition) is 2. The molecule has 138 valence electrons. The lowest BCUT2D eigenvalue weighted by molar-refractivity contribution is -0.147. The van der Waals surface area contributed by atoms with Crippen molar-refractivity contribution >= 4 is 11.7 Å². The minimum absolute atomic E-state index is 0.0465. The van der Waals surface area contributed by atoms with Crippen LogP contribution in [0.4, 0.5) is 5.82 Å². The maximum absolute atomic E-state index is 12.8. The van der Waals surface area contributed by atoms with Crippen LogP contribution in [0.15, 0.2) is 12.4 Å². The number of aryl methyl sites for hydroxylation is 1. The van der Waals surface area contributed by atoms with Crippen LogP contribution < -0.4 is 15.5 Å². The molecule has 0 atom stereocenters. The van der Waals surface area contributed by atoms with Gasteiger partial charge in [0.1, 0.15) is 17.7 Å². The monoisotopic (exact) mass is 347 g/mol. The van der Waals surface area contributed by atoms with Gasteiger partial charge in [0.2, 0.25) is 0 Å². The Morgan fingerprint density at radius 3 is 2.72 bits per heavy atom. The summed E-state index contributed by atoms with van der Waals surface area (Å²) in [6.45, 7) is 5.54. The number of rotatable bonds is 5. The predicted octanol–water partition coefficient (Wildman–Crippen LogP) is 0.893. The average Bonchev–Trinajstić information content (AvgIpc) is 2.69. The van der Waals surface area contributed by atoms with E-state index in [9.17, 15) is 4.79 Å². The third-order valence-corrected chi connectivity index (χ3v) is 5.44. The largest absolute Gasteiger partial charge is 0.368 e. The lowest BCUT2D eigenvalue weighted by Crippen LogP contribution is -2.57. The fourth-order valence-corrected chi connectivity index (χ4v) is 3.68. The van der Waals surface area contributed by atoms with Gasteiger partial charge >= 0.3 is 0 Å². The molecule has 0 bridgehead atoms. The topological polar surface area (TPSA) is 79.4 Å². The van der Waals surface area contributed by atoms with Crippen LogP contribution in [0, 0.1) is 0 Å². The number of amides is 1. The Morgan fingerprint density at radius 2 is 2.08 bits per heavy atom. The maximum Gasteiger partial charge on any atom is 0.252 e. The molecule has 2 aliphatic heterocycles. The van der Waals surface area contributed by atoms with E-state index in [2.05, 4.69) is 38.5 Å². The number of aromatic nitrogens is 2. The van der Waals surface area contributed by atoms with E-state index in [1.165, 1.54) is 0 Å². The predicted molar refractivity (Wildman–Crippen MR) is 96.6 cm³/mol. The van der Waals surface area contributed by atoms with E-state index in [1.807, 2.05) is 0 Å². The smallest absolute Gasteiger partial charge is 0.252 e. The third kappa shape index (κ3) is 4.10. The van der Waals surface area contributed by atoms with E-state index < -0.39 is 5.60 Å². The Morgan fingerprint density at radius 1 is 1.36 bits per heavy atom. The molecule has 1 amide bonds. The minimum atomic E-state index is -0.662. The Labute approximate surface area is 149 Å². The summed E-state index contributed by atoms with van der Waals surface area (Å²) in [5.74, 6) is 1.04. The molecule has 7 nitrogen and oxygen atoms in total. The highest BCUT2D eigenvalue weighted by atomic mass is 16.5. The van der Waals surface area contributed by atoms with Crippen LogP contribution in [0.1, 0.15) is 38.3 Å². The number of piperidine rings is 2. The SMILES string of the molecule is CCc1cc(N2CCC(NC(=O)C3(OC)CCNCC3)CC2)ncn1. The highest BCUT2D eigenvalue weighted by Gasteiger charge is 2.40. The molecule has 2 fully saturated rings. The van der Waals surface area contributed by atoms with E-state index in [4.69, 9.17) is 4.74 Å². The van der Waals surface area contributed by atoms with Gasteiger partial charge in [-0.25, -0.2) is 9.97 Å². The molecular formula is C18H29N5O2. The first kappa shape index (κ1) is 18.1. The van der Waals surface area contributed by atoms with Gasteiger partial charge in [0.25, 0.3) is 5.91 Å². The number of carbonyl (C=O) groups excluding carboxylic acids is 1. The summed E-state index contributed by atoms with van der Waals surface area (Å²) in [4.78, 5) is 23.7. The van der Waals surface area contributed by atoms with Crippen molar-refractivity contribution in [3.63, 3.8) is 0 Å². The van der Waals surface area contributed by atoms with Crippen molar-refractivity contribution in [3.05, 3.63) is 18.1 Å². The van der Waals surface area contributed by atoms with Gasteiger partial charge in [-0.1, -0.05) is 6.92 Å². The molecule has 2 N–H and O–H groups in total. The first-order chi connectivity index (χ1) is 12.2. The van der Waals surface area contributed by atoms with Gasteiger partial charge in [-0.2, -0.15) is 0 Å². The zero-order valence-electron chi connectivity index (χ0n) is 15.3. The van der Waals surface area contributed by atoms with Gasteiger partial charge in [0.05, 0.1) is 0 Å². The fraction of sp³-hybridized carbons (Fsp3) is 0.722. The molecule has 0 saturated carbocycles. The Bertz CT molecular complexity index is 581. The summed E-state index contributed by atoms with van der Waals surface area (Å²) in [5, 5.41) is 6.51. The Balaban J connectivity index is 1.54. The van der Waals surface area contributed by atoms with E-state index >= 15 is 0 Å². The van der Waals surface area contributed by atoms with Crippen molar-refractivity contribution < 1.29 is 9.53 Å². The number of nitrogens with zero attached hydrogens (tertiary/aromatic N) is 3. The van der Waals surface area contributed by atoms with Crippen molar-refractivity contribution in [2.75, 3.05) is 38.2 Å². The average molecular weight is 347 g/mol. The molecule has 1 aromatic heterocycles. The van der Waals surface area contributed by atoms with Crippen molar-refractivity contribution in [3.8, 4) is 0 Å². The van der Waals surface area contributed by atoms with Crippen LogP contribution in [-0.2, 0) is 16.0 Å². The quantitative estimate of drug-likeness (QED) is 0.824. The molecule has 3 heterocycles. The minimum Gasteiger partial charge on any atom is -0.368 e. The number of anilines is 1. The third-order valence-electron chi connectivity index (χ3n) is 5.44. The van der Waals surface area contributed by atoms with Gasteiger partial charge in [0.15, 0.2) is 0 Å². The maximum atomic E-state index is 12.8. The normalized spacial score (nSPS) is 21.1. The summed E-state index contributed by atoms with van der Waals surface area (Å²) in [6, 6.07) is 2.27. The zero-order valence-corrected chi connectivity index (χ0v) is 15.3. The van der Waals surface area contributed by atoms with Crippen molar-refractivity contribution in [2.45, 2.75) is 50.7 Å². The second-order valence-electron chi connectivity index (χ2n) is 6.90. The molecule has 0 spiro atoms. The highest BCUT2D eigenvalue weighted by molar-refractivity contribution is 5.85. The number of carbonyl (C=O) groups is 1. The first-order valence-corrected chi connectivity index (χ1v) is 9.29.